The normalized spacial score (nSPS) is 10.8. The second-order valence-corrected chi connectivity index (χ2v) is 4.32. The van der Waals surface area contributed by atoms with E-state index in [4.69, 9.17) is 0 Å². The largest absolute Gasteiger partial charge is 0.354 e. The van der Waals surface area contributed by atoms with Gasteiger partial charge in [0.15, 0.2) is 5.13 Å². The van der Waals surface area contributed by atoms with Crippen molar-refractivity contribution in [2.75, 3.05) is 19.0 Å². The number of hydrogen-bond donors (Lipinski definition) is 0. The third-order valence-electron chi connectivity index (χ3n) is 2.13. The number of hydrogen-bond acceptors (Lipinski definition) is 4. The Bertz CT molecular complexity index is 448. The molecule has 2 aromatic heterocycles. The molecule has 3 nitrogen and oxygen atoms in total. The quantitative estimate of drug-likeness (QED) is 0.756. The van der Waals surface area contributed by atoms with Crippen molar-refractivity contribution in [3.05, 3.63) is 17.8 Å². The first kappa shape index (κ1) is 9.40. The first-order valence-electron chi connectivity index (χ1n) is 4.64. The van der Waals surface area contributed by atoms with Crippen molar-refractivity contribution in [3.8, 4) is 0 Å². The second kappa shape index (κ2) is 3.53. The van der Waals surface area contributed by atoms with Gasteiger partial charge in [-0.1, -0.05) is 18.3 Å². The van der Waals surface area contributed by atoms with Crippen LogP contribution in [-0.4, -0.2) is 24.1 Å². The van der Waals surface area contributed by atoms with E-state index in [0.717, 1.165) is 21.9 Å². The van der Waals surface area contributed by atoms with Crippen LogP contribution in [0.5, 0.6) is 0 Å². The lowest BCUT2D eigenvalue weighted by atomic mass is 10.2. The third-order valence-corrected chi connectivity index (χ3v) is 3.26. The highest BCUT2D eigenvalue weighted by atomic mass is 32.1. The van der Waals surface area contributed by atoms with Crippen LogP contribution in [0.3, 0.4) is 0 Å². The molecule has 0 N–H and O–H groups in total. The SMILES string of the molecule is CCc1ccnc2sc(N(C)C)nc12. The molecule has 0 aliphatic rings. The Morgan fingerprint density at radius 2 is 2.21 bits per heavy atom. The highest BCUT2D eigenvalue weighted by molar-refractivity contribution is 7.21. The van der Waals surface area contributed by atoms with E-state index >= 15 is 0 Å². The van der Waals surface area contributed by atoms with Crippen LogP contribution < -0.4 is 4.90 Å². The Balaban J connectivity index is 2.64. The molecule has 0 saturated carbocycles. The van der Waals surface area contributed by atoms with Crippen molar-refractivity contribution in [2.24, 2.45) is 0 Å². The Hall–Kier alpha value is -1.16. The molecular weight excluding hydrogens is 194 g/mol. The molecule has 14 heavy (non-hydrogen) atoms. The molecule has 0 amide bonds. The Morgan fingerprint density at radius 1 is 1.43 bits per heavy atom. The number of aryl methyl sites for hydroxylation is 1. The van der Waals surface area contributed by atoms with Gasteiger partial charge in [-0.2, -0.15) is 0 Å². The molecule has 0 unspecified atom stereocenters. The van der Waals surface area contributed by atoms with Crippen molar-refractivity contribution < 1.29 is 0 Å². The maximum absolute atomic E-state index is 4.56. The standard InChI is InChI=1S/C10H13N3S/c1-4-7-5-6-11-9-8(7)12-10(14-9)13(2)3/h5-6H,4H2,1-3H3. The van der Waals surface area contributed by atoms with Gasteiger partial charge in [-0.25, -0.2) is 9.97 Å². The van der Waals surface area contributed by atoms with Gasteiger partial charge in [0.1, 0.15) is 10.3 Å². The van der Waals surface area contributed by atoms with Gasteiger partial charge in [-0.05, 0) is 18.1 Å². The van der Waals surface area contributed by atoms with Crippen LogP contribution >= 0.6 is 11.3 Å². The summed E-state index contributed by atoms with van der Waals surface area (Å²) >= 11 is 1.64. The van der Waals surface area contributed by atoms with Crippen molar-refractivity contribution in [1.82, 2.24) is 9.97 Å². The molecule has 0 fully saturated rings. The lowest BCUT2D eigenvalue weighted by molar-refractivity contribution is 1.10. The molecule has 0 spiro atoms. The van der Waals surface area contributed by atoms with Gasteiger partial charge in [-0.3, -0.25) is 0 Å². The minimum Gasteiger partial charge on any atom is -0.354 e. The fourth-order valence-corrected chi connectivity index (χ4v) is 2.23. The summed E-state index contributed by atoms with van der Waals surface area (Å²) in [6, 6.07) is 2.04. The number of fused-ring (bicyclic) bond motifs is 1. The van der Waals surface area contributed by atoms with Crippen molar-refractivity contribution in [3.63, 3.8) is 0 Å². The Morgan fingerprint density at radius 3 is 2.86 bits per heavy atom. The molecule has 4 heteroatoms. The highest BCUT2D eigenvalue weighted by Gasteiger charge is 2.08. The first-order valence-corrected chi connectivity index (χ1v) is 5.45. The van der Waals surface area contributed by atoms with Crippen LogP contribution in [0.1, 0.15) is 12.5 Å². The average molecular weight is 207 g/mol. The number of nitrogens with zero attached hydrogens (tertiary/aromatic N) is 3. The number of aromatic nitrogens is 2. The van der Waals surface area contributed by atoms with Crippen LogP contribution in [-0.2, 0) is 6.42 Å². The highest BCUT2D eigenvalue weighted by Crippen LogP contribution is 2.27. The lowest BCUT2D eigenvalue weighted by Gasteiger charge is -2.04. The second-order valence-electron chi connectivity index (χ2n) is 3.37. The van der Waals surface area contributed by atoms with Gasteiger partial charge in [0.2, 0.25) is 0 Å². The van der Waals surface area contributed by atoms with Crippen LogP contribution in [0.4, 0.5) is 5.13 Å². The predicted octanol–water partition coefficient (Wildman–Crippen LogP) is 2.32. The zero-order valence-corrected chi connectivity index (χ0v) is 9.43. The summed E-state index contributed by atoms with van der Waals surface area (Å²) in [4.78, 5) is 11.9. The molecule has 2 rings (SSSR count). The van der Waals surface area contributed by atoms with Gasteiger partial charge >= 0.3 is 0 Å². The lowest BCUT2D eigenvalue weighted by Crippen LogP contribution is -2.07. The van der Waals surface area contributed by atoms with Crippen LogP contribution in [0.2, 0.25) is 0 Å². The first-order chi connectivity index (χ1) is 6.72. The Kier molecular flexibility index (Phi) is 2.37. The average Bonchev–Trinajstić information content (AvgIpc) is 2.60. The van der Waals surface area contributed by atoms with Crippen LogP contribution in [0, 0.1) is 0 Å². The van der Waals surface area contributed by atoms with Gasteiger partial charge < -0.3 is 4.90 Å². The molecule has 74 valence electrons. The van der Waals surface area contributed by atoms with E-state index in [1.807, 2.05) is 31.3 Å². The molecule has 0 radical (unpaired) electrons. The smallest absolute Gasteiger partial charge is 0.187 e. The summed E-state index contributed by atoms with van der Waals surface area (Å²) in [6.45, 7) is 2.14. The molecule has 2 heterocycles. The molecular formula is C10H13N3S. The van der Waals surface area contributed by atoms with E-state index in [-0.39, 0.29) is 0 Å². The van der Waals surface area contributed by atoms with E-state index in [1.54, 1.807) is 11.3 Å². The summed E-state index contributed by atoms with van der Waals surface area (Å²) in [6.07, 6.45) is 2.87. The summed E-state index contributed by atoms with van der Waals surface area (Å²) < 4.78 is 0. The summed E-state index contributed by atoms with van der Waals surface area (Å²) in [5.41, 5.74) is 2.34. The Labute approximate surface area is 87.4 Å². The van der Waals surface area contributed by atoms with Crippen LogP contribution in [0.15, 0.2) is 12.3 Å². The van der Waals surface area contributed by atoms with Crippen molar-refractivity contribution in [1.29, 1.82) is 0 Å². The minimum absolute atomic E-state index is 1.01. The van der Waals surface area contributed by atoms with E-state index in [1.165, 1.54) is 5.56 Å². The number of pyridine rings is 1. The van der Waals surface area contributed by atoms with Crippen molar-refractivity contribution in [2.45, 2.75) is 13.3 Å². The molecule has 2 aromatic rings. The molecule has 0 aromatic carbocycles. The van der Waals surface area contributed by atoms with Crippen molar-refractivity contribution >= 4 is 26.8 Å². The van der Waals surface area contributed by atoms with E-state index in [9.17, 15) is 0 Å². The fourth-order valence-electron chi connectivity index (χ4n) is 1.35. The maximum Gasteiger partial charge on any atom is 0.187 e. The van der Waals surface area contributed by atoms with E-state index in [2.05, 4.69) is 16.9 Å². The topological polar surface area (TPSA) is 29.0 Å². The summed E-state index contributed by atoms with van der Waals surface area (Å²) in [5, 5.41) is 1.02. The van der Waals surface area contributed by atoms with E-state index < -0.39 is 0 Å². The molecule has 0 saturated heterocycles. The van der Waals surface area contributed by atoms with Gasteiger partial charge in [0.25, 0.3) is 0 Å². The molecule has 0 bridgehead atoms. The molecule has 0 aliphatic carbocycles. The van der Waals surface area contributed by atoms with Gasteiger partial charge in [0.05, 0.1) is 0 Å². The number of anilines is 1. The molecule has 0 atom stereocenters. The summed E-state index contributed by atoms with van der Waals surface area (Å²) in [5.74, 6) is 0. The zero-order chi connectivity index (χ0) is 10.1. The zero-order valence-electron chi connectivity index (χ0n) is 8.61. The monoisotopic (exact) mass is 207 g/mol. The molecule has 0 aliphatic heterocycles. The maximum atomic E-state index is 4.56. The van der Waals surface area contributed by atoms with E-state index in [0.29, 0.717) is 0 Å². The van der Waals surface area contributed by atoms with Crippen LogP contribution in [0.25, 0.3) is 10.3 Å². The number of thiazole rings is 1. The van der Waals surface area contributed by atoms with Gasteiger partial charge in [-0.15, -0.1) is 0 Å². The summed E-state index contributed by atoms with van der Waals surface area (Å²) in [7, 11) is 4.01. The minimum atomic E-state index is 1.01. The predicted molar refractivity (Wildman–Crippen MR) is 61.1 cm³/mol. The third kappa shape index (κ3) is 1.46. The fraction of sp³-hybridized carbons (Fsp3) is 0.400. The van der Waals surface area contributed by atoms with Gasteiger partial charge in [0, 0.05) is 20.3 Å². The number of rotatable bonds is 2.